The van der Waals surface area contributed by atoms with Crippen LogP contribution in [0.1, 0.15) is 25.8 Å². The van der Waals surface area contributed by atoms with Crippen molar-refractivity contribution < 1.29 is 9.66 Å². The Labute approximate surface area is 123 Å². The first kappa shape index (κ1) is 15.2. The lowest BCUT2D eigenvalue weighted by molar-refractivity contribution is -0.385. The first-order chi connectivity index (χ1) is 9.36. The van der Waals surface area contributed by atoms with Crippen LogP contribution < -0.4 is 5.32 Å². The Morgan fingerprint density at radius 2 is 2.25 bits per heavy atom. The van der Waals surface area contributed by atoms with Crippen LogP contribution in [-0.2, 0) is 11.3 Å². The van der Waals surface area contributed by atoms with Gasteiger partial charge in [-0.1, -0.05) is 25.4 Å². The summed E-state index contributed by atoms with van der Waals surface area (Å²) in [4.78, 5) is 10.6. The summed E-state index contributed by atoms with van der Waals surface area (Å²) in [5.41, 5.74) is 0.747. The van der Waals surface area contributed by atoms with E-state index in [2.05, 4.69) is 19.2 Å². The SMILES string of the molecule is COC1CC(NCc2ccc(Cl)cc2[N+](=O)[O-])C1(C)C. The Hall–Kier alpha value is -1.17. The van der Waals surface area contributed by atoms with Gasteiger partial charge < -0.3 is 10.1 Å². The smallest absolute Gasteiger partial charge is 0.275 e. The van der Waals surface area contributed by atoms with Gasteiger partial charge in [-0.25, -0.2) is 0 Å². The van der Waals surface area contributed by atoms with Gasteiger partial charge in [0.2, 0.25) is 0 Å². The predicted molar refractivity (Wildman–Crippen MR) is 77.9 cm³/mol. The molecule has 1 aliphatic carbocycles. The van der Waals surface area contributed by atoms with Gasteiger partial charge in [0.25, 0.3) is 5.69 Å². The lowest BCUT2D eigenvalue weighted by Crippen LogP contribution is -2.60. The topological polar surface area (TPSA) is 64.4 Å². The fourth-order valence-electron chi connectivity index (χ4n) is 2.72. The summed E-state index contributed by atoms with van der Waals surface area (Å²) in [6.07, 6.45) is 1.16. The van der Waals surface area contributed by atoms with Crippen molar-refractivity contribution in [2.24, 2.45) is 5.41 Å². The molecule has 20 heavy (non-hydrogen) atoms. The van der Waals surface area contributed by atoms with E-state index in [1.807, 2.05) is 0 Å². The molecule has 110 valence electrons. The number of nitro benzene ring substituents is 1. The molecule has 0 aromatic heterocycles. The molecule has 2 rings (SSSR count). The fourth-order valence-corrected chi connectivity index (χ4v) is 2.89. The number of nitrogens with one attached hydrogen (secondary N) is 1. The first-order valence-electron chi connectivity index (χ1n) is 6.55. The average molecular weight is 299 g/mol. The number of benzene rings is 1. The van der Waals surface area contributed by atoms with Gasteiger partial charge in [-0.05, 0) is 18.6 Å². The van der Waals surface area contributed by atoms with E-state index in [1.54, 1.807) is 19.2 Å². The molecule has 1 aliphatic rings. The van der Waals surface area contributed by atoms with Gasteiger partial charge in [-0.15, -0.1) is 0 Å². The number of ether oxygens (including phenoxy) is 1. The summed E-state index contributed by atoms with van der Waals surface area (Å²) in [7, 11) is 1.71. The normalized spacial score (nSPS) is 24.2. The van der Waals surface area contributed by atoms with Crippen LogP contribution >= 0.6 is 11.6 Å². The van der Waals surface area contributed by atoms with Crippen molar-refractivity contribution in [3.05, 3.63) is 38.9 Å². The highest BCUT2D eigenvalue weighted by atomic mass is 35.5. The largest absolute Gasteiger partial charge is 0.381 e. The van der Waals surface area contributed by atoms with Gasteiger partial charge >= 0.3 is 0 Å². The van der Waals surface area contributed by atoms with Crippen LogP contribution in [0.5, 0.6) is 0 Å². The minimum absolute atomic E-state index is 0.0377. The van der Waals surface area contributed by atoms with Crippen LogP contribution in [-0.4, -0.2) is 24.2 Å². The molecule has 0 heterocycles. The van der Waals surface area contributed by atoms with Crippen molar-refractivity contribution in [3.63, 3.8) is 0 Å². The molecule has 1 fully saturated rings. The Balaban J connectivity index is 2.04. The number of hydrogen-bond donors (Lipinski definition) is 1. The van der Waals surface area contributed by atoms with Crippen molar-refractivity contribution >= 4 is 17.3 Å². The molecule has 0 spiro atoms. The first-order valence-corrected chi connectivity index (χ1v) is 6.93. The molecule has 1 N–H and O–H groups in total. The molecule has 0 aliphatic heterocycles. The second-order valence-corrected chi connectivity index (χ2v) is 6.18. The highest BCUT2D eigenvalue weighted by molar-refractivity contribution is 6.30. The third-order valence-electron chi connectivity index (χ3n) is 4.25. The van der Waals surface area contributed by atoms with Crippen molar-refractivity contribution in [2.75, 3.05) is 7.11 Å². The average Bonchev–Trinajstić information content (AvgIpc) is 2.38. The second kappa shape index (κ2) is 5.68. The Morgan fingerprint density at radius 3 is 2.80 bits per heavy atom. The van der Waals surface area contributed by atoms with Crippen LogP contribution in [0.15, 0.2) is 18.2 Å². The molecule has 2 unspecified atom stereocenters. The van der Waals surface area contributed by atoms with E-state index in [4.69, 9.17) is 16.3 Å². The zero-order valence-corrected chi connectivity index (χ0v) is 12.6. The Bertz CT molecular complexity index is 519. The van der Waals surface area contributed by atoms with Gasteiger partial charge in [-0.2, -0.15) is 0 Å². The van der Waals surface area contributed by atoms with E-state index in [0.717, 1.165) is 6.42 Å². The van der Waals surface area contributed by atoms with Crippen LogP contribution in [0.2, 0.25) is 5.02 Å². The minimum atomic E-state index is -0.396. The van der Waals surface area contributed by atoms with Crippen molar-refractivity contribution in [2.45, 2.75) is 39.0 Å². The minimum Gasteiger partial charge on any atom is -0.381 e. The Morgan fingerprint density at radius 1 is 1.55 bits per heavy atom. The van der Waals surface area contributed by atoms with Gasteiger partial charge in [0.1, 0.15) is 0 Å². The fraction of sp³-hybridized carbons (Fsp3) is 0.571. The number of hydrogen-bond acceptors (Lipinski definition) is 4. The van der Waals surface area contributed by atoms with Gasteiger partial charge in [0.05, 0.1) is 11.0 Å². The third-order valence-corrected chi connectivity index (χ3v) is 4.48. The van der Waals surface area contributed by atoms with E-state index in [0.29, 0.717) is 23.2 Å². The summed E-state index contributed by atoms with van der Waals surface area (Å²) in [5, 5.41) is 14.8. The van der Waals surface area contributed by atoms with Crippen LogP contribution in [0.25, 0.3) is 0 Å². The molecule has 0 amide bonds. The molecule has 0 bridgehead atoms. The van der Waals surface area contributed by atoms with E-state index < -0.39 is 4.92 Å². The third kappa shape index (κ3) is 2.80. The Kier molecular flexibility index (Phi) is 4.32. The summed E-state index contributed by atoms with van der Waals surface area (Å²) >= 11 is 5.80. The van der Waals surface area contributed by atoms with Crippen LogP contribution in [0.3, 0.4) is 0 Å². The molecule has 1 aromatic rings. The zero-order chi connectivity index (χ0) is 14.9. The standard InChI is InChI=1S/C14H19ClN2O3/c1-14(2)12(7-13(14)20-3)16-8-9-4-5-10(15)6-11(9)17(18)19/h4-6,12-13,16H,7-8H2,1-3H3. The molecule has 0 saturated heterocycles. The summed E-state index contributed by atoms with van der Waals surface area (Å²) in [6.45, 7) is 4.73. The lowest BCUT2D eigenvalue weighted by atomic mass is 9.64. The molecule has 1 aromatic carbocycles. The maximum atomic E-state index is 11.0. The summed E-state index contributed by atoms with van der Waals surface area (Å²) in [5.74, 6) is 0. The molecule has 5 nitrogen and oxygen atoms in total. The molecule has 0 radical (unpaired) electrons. The molecule has 1 saturated carbocycles. The van der Waals surface area contributed by atoms with Crippen LogP contribution in [0, 0.1) is 15.5 Å². The monoisotopic (exact) mass is 298 g/mol. The number of methoxy groups -OCH3 is 1. The number of nitro groups is 1. The summed E-state index contributed by atoms with van der Waals surface area (Å²) in [6, 6.07) is 5.06. The summed E-state index contributed by atoms with van der Waals surface area (Å²) < 4.78 is 5.40. The van der Waals surface area contributed by atoms with E-state index >= 15 is 0 Å². The molecular weight excluding hydrogens is 280 g/mol. The van der Waals surface area contributed by atoms with E-state index in [9.17, 15) is 10.1 Å². The highest BCUT2D eigenvalue weighted by Crippen LogP contribution is 2.42. The van der Waals surface area contributed by atoms with Crippen LogP contribution in [0.4, 0.5) is 5.69 Å². The quantitative estimate of drug-likeness (QED) is 0.670. The molecular formula is C14H19ClN2O3. The zero-order valence-electron chi connectivity index (χ0n) is 11.9. The molecule has 6 heteroatoms. The number of halogens is 1. The van der Waals surface area contributed by atoms with Crippen molar-refractivity contribution in [1.82, 2.24) is 5.32 Å². The maximum absolute atomic E-state index is 11.0. The lowest BCUT2D eigenvalue weighted by Gasteiger charge is -2.51. The van der Waals surface area contributed by atoms with Gasteiger partial charge in [0.15, 0.2) is 0 Å². The molecule has 2 atom stereocenters. The maximum Gasteiger partial charge on any atom is 0.275 e. The van der Waals surface area contributed by atoms with E-state index in [1.165, 1.54) is 6.07 Å². The number of nitrogens with zero attached hydrogens (tertiary/aromatic N) is 1. The second-order valence-electron chi connectivity index (χ2n) is 5.75. The van der Waals surface area contributed by atoms with Crippen molar-refractivity contribution in [1.29, 1.82) is 0 Å². The van der Waals surface area contributed by atoms with E-state index in [-0.39, 0.29) is 17.2 Å². The van der Waals surface area contributed by atoms with Crippen molar-refractivity contribution in [3.8, 4) is 0 Å². The van der Waals surface area contributed by atoms with Gasteiger partial charge in [-0.3, -0.25) is 10.1 Å². The van der Waals surface area contributed by atoms with Gasteiger partial charge in [0, 0.05) is 41.8 Å². The predicted octanol–water partition coefficient (Wildman–Crippen LogP) is 3.15. The number of rotatable bonds is 5. The highest BCUT2D eigenvalue weighted by Gasteiger charge is 2.48.